The predicted molar refractivity (Wildman–Crippen MR) is 182 cm³/mol. The summed E-state index contributed by atoms with van der Waals surface area (Å²) in [6.07, 6.45) is 3.27. The molecular formula is C35H33ClN8O4. The average molecular weight is 665 g/mol. The first kappa shape index (κ1) is 32.3. The van der Waals surface area contributed by atoms with Crippen LogP contribution in [0.1, 0.15) is 64.2 Å². The summed E-state index contributed by atoms with van der Waals surface area (Å²) >= 11 is 6.55. The third-order valence-electron chi connectivity index (χ3n) is 8.18. The van der Waals surface area contributed by atoms with E-state index in [4.69, 9.17) is 26.2 Å². The number of hydrogen-bond donors (Lipinski definition) is 0. The van der Waals surface area contributed by atoms with E-state index in [1.54, 1.807) is 46.1 Å². The zero-order chi connectivity index (χ0) is 34.3. The highest BCUT2D eigenvalue weighted by molar-refractivity contribution is 6.30. The number of rotatable bonds is 9. The molecule has 0 radical (unpaired) electrons. The van der Waals surface area contributed by atoms with E-state index in [0.717, 1.165) is 16.8 Å². The third-order valence-corrected chi connectivity index (χ3v) is 8.45. The van der Waals surface area contributed by atoms with Crippen LogP contribution in [0.3, 0.4) is 0 Å². The Morgan fingerprint density at radius 3 is 2.35 bits per heavy atom. The number of methoxy groups -OCH3 is 2. The molecule has 1 atom stereocenters. The maximum absolute atomic E-state index is 14.5. The van der Waals surface area contributed by atoms with E-state index < -0.39 is 11.6 Å². The van der Waals surface area contributed by atoms with Gasteiger partial charge in [0.25, 0.3) is 11.5 Å². The number of nitrogens with zero attached hydrogens (tertiary/aromatic N) is 8. The zero-order valence-electron chi connectivity index (χ0n) is 27.3. The molecule has 0 aliphatic carbocycles. The van der Waals surface area contributed by atoms with Crippen molar-refractivity contribution in [2.45, 2.75) is 32.4 Å². The minimum atomic E-state index is -0.664. The molecule has 2 aromatic carbocycles. The molecule has 0 saturated carbocycles. The predicted octanol–water partition coefficient (Wildman–Crippen LogP) is 5.35. The molecule has 1 aliphatic heterocycles. The smallest absolute Gasteiger partial charge is 0.280 e. The van der Waals surface area contributed by atoms with Gasteiger partial charge in [-0.2, -0.15) is 15.3 Å². The molecule has 0 saturated heterocycles. The second kappa shape index (κ2) is 12.8. The van der Waals surface area contributed by atoms with E-state index in [1.165, 1.54) is 17.7 Å². The molecule has 0 N–H and O–H groups in total. The lowest BCUT2D eigenvalue weighted by molar-refractivity contribution is 0.0988. The molecule has 1 unspecified atom stereocenters. The Bertz CT molecular complexity index is 2120. The number of ether oxygens (including phenoxy) is 2. The van der Waals surface area contributed by atoms with Gasteiger partial charge in [-0.25, -0.2) is 9.67 Å². The molecule has 1 aliphatic rings. The lowest BCUT2D eigenvalue weighted by Crippen LogP contribution is -2.32. The lowest BCUT2D eigenvalue weighted by Gasteiger charge is -2.28. The third kappa shape index (κ3) is 5.62. The van der Waals surface area contributed by atoms with E-state index in [2.05, 4.69) is 16.0 Å². The first-order valence-corrected chi connectivity index (χ1v) is 15.5. The van der Waals surface area contributed by atoms with Crippen LogP contribution in [0.5, 0.6) is 11.6 Å². The van der Waals surface area contributed by atoms with E-state index in [-0.39, 0.29) is 29.1 Å². The first-order chi connectivity index (χ1) is 23.1. The van der Waals surface area contributed by atoms with Crippen molar-refractivity contribution in [1.82, 2.24) is 24.3 Å². The molecule has 4 heterocycles. The second-order valence-corrected chi connectivity index (χ2v) is 12.2. The van der Waals surface area contributed by atoms with Crippen LogP contribution < -0.4 is 24.8 Å². The molecule has 3 aromatic heterocycles. The van der Waals surface area contributed by atoms with Crippen LogP contribution in [0, 0.1) is 11.3 Å². The number of carbonyl (C=O) groups is 1. The van der Waals surface area contributed by atoms with Gasteiger partial charge < -0.3 is 18.9 Å². The second-order valence-electron chi connectivity index (χ2n) is 11.8. The number of fused-ring (bicyclic) bond motifs is 1. The van der Waals surface area contributed by atoms with Gasteiger partial charge in [-0.3, -0.25) is 14.5 Å². The summed E-state index contributed by atoms with van der Waals surface area (Å²) in [5.41, 5.74) is 4.26. The van der Waals surface area contributed by atoms with Crippen LogP contribution in [0.2, 0.25) is 5.02 Å². The summed E-state index contributed by atoms with van der Waals surface area (Å²) in [5, 5.41) is 14.3. The van der Waals surface area contributed by atoms with Gasteiger partial charge in [-0.15, -0.1) is 0 Å². The number of anilines is 2. The van der Waals surface area contributed by atoms with Gasteiger partial charge in [0.1, 0.15) is 16.5 Å². The Kier molecular flexibility index (Phi) is 8.64. The van der Waals surface area contributed by atoms with Crippen molar-refractivity contribution in [3.8, 4) is 23.4 Å². The maximum atomic E-state index is 14.5. The first-order valence-electron chi connectivity index (χ1n) is 15.1. The van der Waals surface area contributed by atoms with E-state index in [1.807, 2.05) is 64.3 Å². The summed E-state index contributed by atoms with van der Waals surface area (Å²) in [6.45, 7) is 4.26. The Labute approximate surface area is 282 Å². The number of pyridine rings is 1. The summed E-state index contributed by atoms with van der Waals surface area (Å²) in [6, 6.07) is 17.4. The Morgan fingerprint density at radius 1 is 1.04 bits per heavy atom. The number of nitriles is 1. The highest BCUT2D eigenvalue weighted by atomic mass is 35.5. The summed E-state index contributed by atoms with van der Waals surface area (Å²) in [4.78, 5) is 40.2. The normalized spacial score (nSPS) is 13.9. The minimum Gasteiger partial charge on any atom is -0.497 e. The number of amides is 1. The van der Waals surface area contributed by atoms with Gasteiger partial charge in [0.15, 0.2) is 5.69 Å². The number of hydrogen-bond acceptors (Lipinski definition) is 9. The molecule has 6 rings (SSSR count). The van der Waals surface area contributed by atoms with Crippen LogP contribution in [-0.4, -0.2) is 58.5 Å². The standard InChI is InChI=1S/C35H33ClN8O4/c1-20(2)30-28-29(40-44(30)27-17-38-35(41(3)4)39-32(27)48-6)34(46)43(31(28)23-11-7-21(16-37)8-12-23)24-15-26(36)33(45)42(19-24)18-22-9-13-25(47-5)14-10-22/h7-15,17,19-20,31H,18H2,1-6H3. The molecule has 1 amide bonds. The number of aromatic nitrogens is 5. The molecule has 0 fully saturated rings. The van der Waals surface area contributed by atoms with Gasteiger partial charge in [0.2, 0.25) is 11.8 Å². The van der Waals surface area contributed by atoms with Gasteiger partial charge in [0, 0.05) is 25.9 Å². The maximum Gasteiger partial charge on any atom is 0.280 e. The highest BCUT2D eigenvalue weighted by Crippen LogP contribution is 2.46. The molecule has 5 aromatic rings. The van der Waals surface area contributed by atoms with Crippen LogP contribution in [-0.2, 0) is 6.54 Å². The number of carbonyl (C=O) groups excluding carboxylic acids is 1. The van der Waals surface area contributed by atoms with Crippen molar-refractivity contribution >= 4 is 29.1 Å². The van der Waals surface area contributed by atoms with Crippen LogP contribution in [0.15, 0.2) is 71.8 Å². The number of halogens is 1. The molecule has 48 heavy (non-hydrogen) atoms. The Morgan fingerprint density at radius 2 is 1.75 bits per heavy atom. The van der Waals surface area contributed by atoms with Gasteiger partial charge in [-0.1, -0.05) is 49.7 Å². The van der Waals surface area contributed by atoms with Gasteiger partial charge >= 0.3 is 0 Å². The van der Waals surface area contributed by atoms with Crippen molar-refractivity contribution in [3.63, 3.8) is 0 Å². The van der Waals surface area contributed by atoms with E-state index >= 15 is 0 Å². The molecule has 13 heteroatoms. The molecule has 12 nitrogen and oxygen atoms in total. The zero-order valence-corrected chi connectivity index (χ0v) is 28.1. The van der Waals surface area contributed by atoms with Crippen LogP contribution in [0.4, 0.5) is 11.6 Å². The summed E-state index contributed by atoms with van der Waals surface area (Å²) < 4.78 is 14.1. The summed E-state index contributed by atoms with van der Waals surface area (Å²) in [7, 11) is 6.77. The van der Waals surface area contributed by atoms with Crippen molar-refractivity contribution in [1.29, 1.82) is 5.26 Å². The van der Waals surface area contributed by atoms with Crippen molar-refractivity contribution in [2.24, 2.45) is 0 Å². The molecule has 0 spiro atoms. The molecule has 244 valence electrons. The van der Waals surface area contributed by atoms with Crippen molar-refractivity contribution < 1.29 is 14.3 Å². The lowest BCUT2D eigenvalue weighted by atomic mass is 9.94. The monoisotopic (exact) mass is 664 g/mol. The fourth-order valence-electron chi connectivity index (χ4n) is 5.92. The largest absolute Gasteiger partial charge is 0.497 e. The fraction of sp³-hybridized carbons (Fsp3) is 0.257. The van der Waals surface area contributed by atoms with E-state index in [0.29, 0.717) is 40.1 Å². The van der Waals surface area contributed by atoms with Crippen molar-refractivity contribution in [3.05, 3.63) is 116 Å². The van der Waals surface area contributed by atoms with Crippen LogP contribution in [0.25, 0.3) is 5.69 Å². The van der Waals surface area contributed by atoms with Gasteiger partial charge in [-0.05, 0) is 47.4 Å². The Hall–Kier alpha value is -5.67. The topological polar surface area (TPSA) is 131 Å². The number of benzene rings is 2. The quantitative estimate of drug-likeness (QED) is 0.204. The van der Waals surface area contributed by atoms with Gasteiger partial charge in [0.05, 0.1) is 56.0 Å². The van der Waals surface area contributed by atoms with Crippen molar-refractivity contribution in [2.75, 3.05) is 38.1 Å². The van der Waals surface area contributed by atoms with E-state index in [9.17, 15) is 14.9 Å². The highest BCUT2D eigenvalue weighted by Gasteiger charge is 2.45. The summed E-state index contributed by atoms with van der Waals surface area (Å²) in [5.74, 6) is 0.963. The van der Waals surface area contributed by atoms with Crippen LogP contribution >= 0.6 is 11.6 Å². The molecular weight excluding hydrogens is 632 g/mol. The minimum absolute atomic E-state index is 0.0334. The SMILES string of the molecule is COc1ccc(Cn2cc(N3C(=O)c4nn(-c5cnc(N(C)C)nc5OC)c(C(C)C)c4C3c3ccc(C#N)cc3)cc(Cl)c2=O)cc1. The Balaban J connectivity index is 1.54. The fourth-order valence-corrected chi connectivity index (χ4v) is 6.14. The average Bonchev–Trinajstić information content (AvgIpc) is 3.61. The molecule has 0 bridgehead atoms.